The Kier molecular flexibility index (Phi) is 13.1. The Balaban J connectivity index is 3.30. The van der Waals surface area contributed by atoms with Crippen molar-refractivity contribution in [2.24, 2.45) is 5.92 Å². The van der Waals surface area contributed by atoms with E-state index >= 15 is 0 Å². The predicted octanol–water partition coefficient (Wildman–Crippen LogP) is 2.25. The Bertz CT molecular complexity index is 283. The lowest BCUT2D eigenvalue weighted by Crippen LogP contribution is -2.28. The Labute approximate surface area is 129 Å². The first-order valence-electron chi connectivity index (χ1n) is 8.21. The van der Waals surface area contributed by atoms with Gasteiger partial charge in [0.2, 0.25) is 11.8 Å². The quantitative estimate of drug-likeness (QED) is 0.513. The Hall–Kier alpha value is -1.10. The van der Waals surface area contributed by atoms with Gasteiger partial charge >= 0.3 is 0 Å². The number of unbranched alkanes of at least 4 members (excludes halogenated alkanes) is 2. The zero-order chi connectivity index (χ0) is 15.9. The first kappa shape index (κ1) is 19.9. The van der Waals surface area contributed by atoms with Crippen LogP contribution in [0.5, 0.6) is 0 Å². The lowest BCUT2D eigenvalue weighted by Gasteiger charge is -2.09. The van der Waals surface area contributed by atoms with Gasteiger partial charge in [-0.15, -0.1) is 0 Å². The van der Waals surface area contributed by atoms with Crippen LogP contribution in [-0.4, -0.2) is 38.1 Å². The molecule has 0 bridgehead atoms. The van der Waals surface area contributed by atoms with Crippen molar-refractivity contribution in [1.82, 2.24) is 10.6 Å². The molecule has 0 fully saturated rings. The third-order valence-electron chi connectivity index (χ3n) is 3.34. The van der Waals surface area contributed by atoms with Gasteiger partial charge in [0.1, 0.15) is 0 Å². The number of hydrogen-bond acceptors (Lipinski definition) is 3. The maximum absolute atomic E-state index is 11.5. The van der Waals surface area contributed by atoms with E-state index in [9.17, 15) is 9.59 Å². The van der Waals surface area contributed by atoms with Gasteiger partial charge in [-0.3, -0.25) is 9.59 Å². The SMILES string of the molecule is CCNC(=O)CCC(=O)NCCCCCOCC(C)CC. The van der Waals surface area contributed by atoms with E-state index in [1.54, 1.807) is 0 Å². The van der Waals surface area contributed by atoms with E-state index in [0.29, 0.717) is 19.0 Å². The van der Waals surface area contributed by atoms with Crippen LogP contribution in [0.3, 0.4) is 0 Å². The van der Waals surface area contributed by atoms with Crippen LogP contribution in [-0.2, 0) is 14.3 Å². The minimum absolute atomic E-state index is 0.0470. The summed E-state index contributed by atoms with van der Waals surface area (Å²) in [4.78, 5) is 22.7. The van der Waals surface area contributed by atoms with E-state index < -0.39 is 0 Å². The molecule has 0 saturated heterocycles. The van der Waals surface area contributed by atoms with E-state index in [2.05, 4.69) is 24.5 Å². The normalized spacial score (nSPS) is 12.0. The zero-order valence-corrected chi connectivity index (χ0v) is 13.9. The number of amides is 2. The van der Waals surface area contributed by atoms with Gasteiger partial charge in [0.25, 0.3) is 0 Å². The van der Waals surface area contributed by atoms with Gasteiger partial charge in [0.05, 0.1) is 0 Å². The second kappa shape index (κ2) is 13.9. The number of nitrogens with one attached hydrogen (secondary N) is 2. The molecule has 0 aromatic carbocycles. The van der Waals surface area contributed by atoms with Crippen LogP contribution in [0.15, 0.2) is 0 Å². The van der Waals surface area contributed by atoms with Crippen molar-refractivity contribution in [2.75, 3.05) is 26.3 Å². The number of rotatable bonds is 13. The summed E-state index contributed by atoms with van der Waals surface area (Å²) in [7, 11) is 0. The topological polar surface area (TPSA) is 67.4 Å². The molecule has 0 aromatic heterocycles. The van der Waals surface area contributed by atoms with Gasteiger partial charge in [0.15, 0.2) is 0 Å². The average Bonchev–Trinajstić information content (AvgIpc) is 2.47. The summed E-state index contributed by atoms with van der Waals surface area (Å²) >= 11 is 0. The fourth-order valence-electron chi connectivity index (χ4n) is 1.74. The van der Waals surface area contributed by atoms with Crippen molar-refractivity contribution in [1.29, 1.82) is 0 Å². The standard InChI is InChI=1S/C16H32N2O3/c1-4-14(3)13-21-12-8-6-7-11-18-16(20)10-9-15(19)17-5-2/h14H,4-13H2,1-3H3,(H,17,19)(H,18,20). The Morgan fingerprint density at radius 2 is 1.67 bits per heavy atom. The molecule has 124 valence electrons. The molecule has 21 heavy (non-hydrogen) atoms. The van der Waals surface area contributed by atoms with Crippen molar-refractivity contribution in [3.8, 4) is 0 Å². The summed E-state index contributed by atoms with van der Waals surface area (Å²) in [5, 5.41) is 5.51. The summed E-state index contributed by atoms with van der Waals surface area (Å²) in [6, 6.07) is 0. The molecule has 0 rings (SSSR count). The molecule has 1 unspecified atom stereocenters. The van der Waals surface area contributed by atoms with E-state index in [1.165, 1.54) is 0 Å². The van der Waals surface area contributed by atoms with E-state index in [4.69, 9.17) is 4.74 Å². The largest absolute Gasteiger partial charge is 0.381 e. The lowest BCUT2D eigenvalue weighted by atomic mass is 10.1. The van der Waals surface area contributed by atoms with Crippen LogP contribution in [0.25, 0.3) is 0 Å². The average molecular weight is 300 g/mol. The molecule has 0 heterocycles. The van der Waals surface area contributed by atoms with Crippen LogP contribution in [0.2, 0.25) is 0 Å². The Morgan fingerprint density at radius 1 is 1.00 bits per heavy atom. The molecule has 5 heteroatoms. The van der Waals surface area contributed by atoms with Crippen molar-refractivity contribution < 1.29 is 14.3 Å². The van der Waals surface area contributed by atoms with Crippen molar-refractivity contribution in [3.63, 3.8) is 0 Å². The molecule has 1 atom stereocenters. The molecule has 0 spiro atoms. The van der Waals surface area contributed by atoms with Gasteiger partial charge in [-0.25, -0.2) is 0 Å². The van der Waals surface area contributed by atoms with Crippen molar-refractivity contribution in [2.45, 2.75) is 59.3 Å². The molecule has 2 amide bonds. The molecule has 0 aliphatic rings. The highest BCUT2D eigenvalue weighted by atomic mass is 16.5. The third kappa shape index (κ3) is 13.6. The Morgan fingerprint density at radius 3 is 2.29 bits per heavy atom. The van der Waals surface area contributed by atoms with Crippen LogP contribution in [0, 0.1) is 5.92 Å². The maximum atomic E-state index is 11.5. The molecule has 0 radical (unpaired) electrons. The molecule has 0 aliphatic heterocycles. The van der Waals surface area contributed by atoms with E-state index in [0.717, 1.165) is 38.9 Å². The highest BCUT2D eigenvalue weighted by Crippen LogP contribution is 2.02. The zero-order valence-electron chi connectivity index (χ0n) is 13.9. The lowest BCUT2D eigenvalue weighted by molar-refractivity contribution is -0.126. The second-order valence-electron chi connectivity index (χ2n) is 5.45. The molecular weight excluding hydrogens is 268 g/mol. The van der Waals surface area contributed by atoms with E-state index in [-0.39, 0.29) is 24.7 Å². The number of ether oxygens (including phenoxy) is 1. The maximum Gasteiger partial charge on any atom is 0.220 e. The minimum Gasteiger partial charge on any atom is -0.381 e. The summed E-state index contributed by atoms with van der Waals surface area (Å²) in [6.07, 6.45) is 4.73. The van der Waals surface area contributed by atoms with Crippen molar-refractivity contribution in [3.05, 3.63) is 0 Å². The first-order valence-corrected chi connectivity index (χ1v) is 8.21. The third-order valence-corrected chi connectivity index (χ3v) is 3.34. The summed E-state index contributed by atoms with van der Waals surface area (Å²) < 4.78 is 5.57. The molecule has 2 N–H and O–H groups in total. The summed E-state index contributed by atoms with van der Waals surface area (Å²) in [5.41, 5.74) is 0. The fourth-order valence-corrected chi connectivity index (χ4v) is 1.74. The van der Waals surface area contributed by atoms with Crippen LogP contribution in [0.4, 0.5) is 0 Å². The summed E-state index contributed by atoms with van der Waals surface area (Å²) in [5.74, 6) is 0.523. The van der Waals surface area contributed by atoms with Gasteiger partial charge < -0.3 is 15.4 Å². The minimum atomic E-state index is -0.0638. The van der Waals surface area contributed by atoms with Crippen molar-refractivity contribution >= 4 is 11.8 Å². The molecule has 5 nitrogen and oxygen atoms in total. The highest BCUT2D eigenvalue weighted by molar-refractivity contribution is 5.83. The number of carbonyl (C=O) groups is 2. The highest BCUT2D eigenvalue weighted by Gasteiger charge is 2.05. The molecular formula is C16H32N2O3. The predicted molar refractivity (Wildman–Crippen MR) is 85.1 cm³/mol. The van der Waals surface area contributed by atoms with Crippen LogP contribution >= 0.6 is 0 Å². The van der Waals surface area contributed by atoms with Gasteiger partial charge in [-0.1, -0.05) is 20.3 Å². The molecule has 0 aliphatic carbocycles. The van der Waals surface area contributed by atoms with Gasteiger partial charge in [-0.2, -0.15) is 0 Å². The van der Waals surface area contributed by atoms with Crippen LogP contribution < -0.4 is 10.6 Å². The van der Waals surface area contributed by atoms with Crippen LogP contribution in [0.1, 0.15) is 59.3 Å². The second-order valence-corrected chi connectivity index (χ2v) is 5.45. The van der Waals surface area contributed by atoms with E-state index in [1.807, 2.05) is 6.92 Å². The fraction of sp³-hybridized carbons (Fsp3) is 0.875. The monoisotopic (exact) mass is 300 g/mol. The number of carbonyl (C=O) groups excluding carboxylic acids is 2. The molecule has 0 saturated carbocycles. The first-order chi connectivity index (χ1) is 10.1. The van der Waals surface area contributed by atoms with Gasteiger partial charge in [-0.05, 0) is 32.1 Å². The number of hydrogen-bond donors (Lipinski definition) is 2. The smallest absolute Gasteiger partial charge is 0.220 e. The molecule has 0 aromatic rings. The van der Waals surface area contributed by atoms with Gasteiger partial charge in [0, 0.05) is 39.1 Å². The summed E-state index contributed by atoms with van der Waals surface area (Å²) in [6.45, 7) is 9.16.